The lowest BCUT2D eigenvalue weighted by Crippen LogP contribution is -2.23. The molecular formula is C20H19ClN4OS. The normalized spacial score (nSPS) is 14.7. The van der Waals surface area contributed by atoms with Gasteiger partial charge in [0.25, 0.3) is 0 Å². The minimum absolute atomic E-state index is 0.122. The van der Waals surface area contributed by atoms with Crippen molar-refractivity contribution < 1.29 is 4.79 Å². The van der Waals surface area contributed by atoms with E-state index >= 15 is 0 Å². The summed E-state index contributed by atoms with van der Waals surface area (Å²) in [6, 6.07) is 17.3. The molecule has 3 aromatic rings. The van der Waals surface area contributed by atoms with Crippen LogP contribution in [0.3, 0.4) is 0 Å². The van der Waals surface area contributed by atoms with E-state index in [0.717, 1.165) is 29.5 Å². The number of aromatic nitrogens is 3. The van der Waals surface area contributed by atoms with Crippen molar-refractivity contribution in [1.82, 2.24) is 14.8 Å². The Balaban J connectivity index is 1.55. The first-order valence-corrected chi connectivity index (χ1v) is 10.1. The lowest BCUT2D eigenvalue weighted by Gasteiger charge is -2.14. The van der Waals surface area contributed by atoms with Gasteiger partial charge < -0.3 is 5.32 Å². The number of hydrogen-bond donors (Lipinski definition) is 1. The SMILES string of the molecule is C[C@H](Sc1nnc(C2CC2)n1-c1ccccc1)C(=O)Nc1ccccc1Cl. The number of amides is 1. The fourth-order valence-electron chi connectivity index (χ4n) is 2.79. The van der Waals surface area contributed by atoms with Gasteiger partial charge in [-0.1, -0.05) is 53.7 Å². The molecule has 1 amide bonds. The molecule has 0 bridgehead atoms. The number of nitrogens with one attached hydrogen (secondary N) is 1. The number of carbonyl (C=O) groups is 1. The van der Waals surface area contributed by atoms with Crippen molar-refractivity contribution in [2.75, 3.05) is 5.32 Å². The summed E-state index contributed by atoms with van der Waals surface area (Å²) in [6.45, 7) is 1.86. The van der Waals surface area contributed by atoms with Crippen LogP contribution in [0.4, 0.5) is 5.69 Å². The van der Waals surface area contributed by atoms with Gasteiger partial charge in [-0.05, 0) is 44.0 Å². The molecule has 4 rings (SSSR count). The van der Waals surface area contributed by atoms with Gasteiger partial charge in [0, 0.05) is 11.6 Å². The summed E-state index contributed by atoms with van der Waals surface area (Å²) in [6.07, 6.45) is 2.27. The number of nitrogens with zero attached hydrogens (tertiary/aromatic N) is 3. The maximum Gasteiger partial charge on any atom is 0.237 e. The zero-order valence-electron chi connectivity index (χ0n) is 14.8. The molecule has 1 aromatic heterocycles. The van der Waals surface area contributed by atoms with E-state index in [0.29, 0.717) is 16.6 Å². The van der Waals surface area contributed by atoms with E-state index in [1.54, 1.807) is 12.1 Å². The van der Waals surface area contributed by atoms with E-state index in [1.807, 2.05) is 49.4 Å². The Hall–Kier alpha value is -2.31. The highest BCUT2D eigenvalue weighted by molar-refractivity contribution is 8.00. The number of anilines is 1. The first-order chi connectivity index (χ1) is 13.1. The third-order valence-corrected chi connectivity index (χ3v) is 5.77. The second-order valence-electron chi connectivity index (χ2n) is 6.52. The predicted molar refractivity (Wildman–Crippen MR) is 109 cm³/mol. The molecule has 0 saturated heterocycles. The summed E-state index contributed by atoms with van der Waals surface area (Å²) in [5, 5.41) is 12.6. The summed E-state index contributed by atoms with van der Waals surface area (Å²) in [7, 11) is 0. The topological polar surface area (TPSA) is 59.8 Å². The molecule has 2 aromatic carbocycles. The molecule has 1 fully saturated rings. The Bertz CT molecular complexity index is 956. The van der Waals surface area contributed by atoms with E-state index in [-0.39, 0.29) is 11.2 Å². The van der Waals surface area contributed by atoms with Crippen molar-refractivity contribution in [1.29, 1.82) is 0 Å². The Morgan fingerprint density at radius 1 is 1.15 bits per heavy atom. The van der Waals surface area contributed by atoms with Crippen molar-refractivity contribution in [2.45, 2.75) is 36.1 Å². The number of rotatable bonds is 6. The summed E-state index contributed by atoms with van der Waals surface area (Å²) in [5.74, 6) is 1.31. The third-order valence-electron chi connectivity index (χ3n) is 4.40. The van der Waals surface area contributed by atoms with Crippen LogP contribution < -0.4 is 5.32 Å². The Kier molecular flexibility index (Phi) is 5.18. The molecule has 1 aliphatic carbocycles. The summed E-state index contributed by atoms with van der Waals surface area (Å²) in [5.41, 5.74) is 1.63. The van der Waals surface area contributed by atoms with Gasteiger partial charge in [0.05, 0.1) is 16.0 Å². The van der Waals surface area contributed by atoms with Crippen molar-refractivity contribution in [3.8, 4) is 5.69 Å². The number of thioether (sulfide) groups is 1. The standard InChI is InChI=1S/C20H19ClN4OS/c1-13(19(26)22-17-10-6-5-9-16(17)21)27-20-24-23-18(14-11-12-14)25(20)15-7-3-2-4-8-15/h2-10,13-14H,11-12H2,1H3,(H,22,26)/t13-/m0/s1. The minimum atomic E-state index is -0.347. The summed E-state index contributed by atoms with van der Waals surface area (Å²) in [4.78, 5) is 12.6. The van der Waals surface area contributed by atoms with Crippen LogP contribution in [0.5, 0.6) is 0 Å². The molecule has 1 N–H and O–H groups in total. The predicted octanol–water partition coefficient (Wildman–Crippen LogP) is 4.92. The van der Waals surface area contributed by atoms with Gasteiger partial charge in [-0.3, -0.25) is 9.36 Å². The van der Waals surface area contributed by atoms with E-state index in [9.17, 15) is 4.79 Å². The smallest absolute Gasteiger partial charge is 0.237 e. The van der Waals surface area contributed by atoms with Crippen LogP contribution in [-0.2, 0) is 4.79 Å². The van der Waals surface area contributed by atoms with Crippen LogP contribution in [0.25, 0.3) is 5.69 Å². The first-order valence-electron chi connectivity index (χ1n) is 8.86. The molecule has 1 heterocycles. The Labute approximate surface area is 167 Å². The van der Waals surface area contributed by atoms with E-state index in [4.69, 9.17) is 11.6 Å². The fourth-order valence-corrected chi connectivity index (χ4v) is 3.85. The average Bonchev–Trinajstić information content (AvgIpc) is 3.45. The quantitative estimate of drug-likeness (QED) is 0.599. The largest absolute Gasteiger partial charge is 0.324 e. The highest BCUT2D eigenvalue weighted by Crippen LogP contribution is 2.41. The highest BCUT2D eigenvalue weighted by atomic mass is 35.5. The molecule has 7 heteroatoms. The average molecular weight is 399 g/mol. The molecule has 27 heavy (non-hydrogen) atoms. The monoisotopic (exact) mass is 398 g/mol. The number of halogens is 1. The van der Waals surface area contributed by atoms with Crippen LogP contribution in [-0.4, -0.2) is 25.9 Å². The van der Waals surface area contributed by atoms with Crippen molar-refractivity contribution in [3.63, 3.8) is 0 Å². The number of hydrogen-bond acceptors (Lipinski definition) is 4. The molecule has 0 aliphatic heterocycles. The van der Waals surface area contributed by atoms with Crippen molar-refractivity contribution in [3.05, 3.63) is 65.4 Å². The zero-order chi connectivity index (χ0) is 18.8. The lowest BCUT2D eigenvalue weighted by molar-refractivity contribution is -0.115. The second-order valence-corrected chi connectivity index (χ2v) is 8.23. The molecule has 0 radical (unpaired) electrons. The zero-order valence-corrected chi connectivity index (χ0v) is 16.4. The summed E-state index contributed by atoms with van der Waals surface area (Å²) < 4.78 is 2.07. The number of benzene rings is 2. The Morgan fingerprint density at radius 3 is 2.56 bits per heavy atom. The van der Waals surface area contributed by atoms with Gasteiger partial charge in [-0.25, -0.2) is 0 Å². The van der Waals surface area contributed by atoms with Crippen LogP contribution >= 0.6 is 23.4 Å². The van der Waals surface area contributed by atoms with Crippen LogP contribution in [0, 0.1) is 0 Å². The van der Waals surface area contributed by atoms with E-state index in [1.165, 1.54) is 11.8 Å². The first kappa shape index (κ1) is 18.1. The van der Waals surface area contributed by atoms with Gasteiger partial charge in [-0.15, -0.1) is 10.2 Å². The number of para-hydroxylation sites is 2. The van der Waals surface area contributed by atoms with Gasteiger partial charge in [-0.2, -0.15) is 0 Å². The maximum atomic E-state index is 12.6. The molecule has 1 atom stereocenters. The fraction of sp³-hybridized carbons (Fsp3) is 0.250. The molecule has 1 saturated carbocycles. The van der Waals surface area contributed by atoms with Gasteiger partial charge >= 0.3 is 0 Å². The molecule has 1 aliphatic rings. The maximum absolute atomic E-state index is 12.6. The van der Waals surface area contributed by atoms with Gasteiger partial charge in [0.15, 0.2) is 5.16 Å². The summed E-state index contributed by atoms with van der Waals surface area (Å²) >= 11 is 7.53. The van der Waals surface area contributed by atoms with E-state index in [2.05, 4.69) is 20.1 Å². The van der Waals surface area contributed by atoms with Gasteiger partial charge in [0.2, 0.25) is 5.91 Å². The van der Waals surface area contributed by atoms with Crippen molar-refractivity contribution >= 4 is 35.0 Å². The third kappa shape index (κ3) is 4.01. The molecule has 0 unspecified atom stereocenters. The van der Waals surface area contributed by atoms with E-state index < -0.39 is 0 Å². The highest BCUT2D eigenvalue weighted by Gasteiger charge is 2.31. The Morgan fingerprint density at radius 2 is 1.85 bits per heavy atom. The molecular weight excluding hydrogens is 380 g/mol. The second kappa shape index (κ2) is 7.74. The lowest BCUT2D eigenvalue weighted by atomic mass is 10.3. The minimum Gasteiger partial charge on any atom is -0.324 e. The van der Waals surface area contributed by atoms with Crippen LogP contribution in [0.15, 0.2) is 59.8 Å². The molecule has 5 nitrogen and oxygen atoms in total. The number of carbonyl (C=O) groups excluding carboxylic acids is 1. The van der Waals surface area contributed by atoms with Crippen LogP contribution in [0.2, 0.25) is 5.02 Å². The van der Waals surface area contributed by atoms with Gasteiger partial charge in [0.1, 0.15) is 5.82 Å². The van der Waals surface area contributed by atoms with Crippen LogP contribution in [0.1, 0.15) is 31.5 Å². The molecule has 0 spiro atoms. The van der Waals surface area contributed by atoms with Crippen molar-refractivity contribution in [2.24, 2.45) is 0 Å². The molecule has 138 valence electrons.